The number of halogens is 1. The van der Waals surface area contributed by atoms with Crippen molar-refractivity contribution in [2.24, 2.45) is 0 Å². The SMILES string of the molecule is C#CC(=C)/C=C(\C=C/C)CC.C=C1C(C)c2cccc(C(C)C)c2C1(C)F. The Hall–Kier alpha value is -2.33. The van der Waals surface area contributed by atoms with Crippen LogP contribution in [0.1, 0.15) is 76.5 Å². The van der Waals surface area contributed by atoms with Crippen molar-refractivity contribution in [1.82, 2.24) is 0 Å². The van der Waals surface area contributed by atoms with Gasteiger partial charge in [0.1, 0.15) is 0 Å². The van der Waals surface area contributed by atoms with Crippen LogP contribution in [-0.4, -0.2) is 0 Å². The van der Waals surface area contributed by atoms with Gasteiger partial charge in [-0.1, -0.05) is 77.1 Å². The Bertz CT molecular complexity index is 794. The topological polar surface area (TPSA) is 0 Å². The summed E-state index contributed by atoms with van der Waals surface area (Å²) in [5, 5.41) is 0. The lowest BCUT2D eigenvalue weighted by Crippen LogP contribution is -2.15. The van der Waals surface area contributed by atoms with Crippen molar-refractivity contribution in [2.75, 3.05) is 0 Å². The third-order valence-corrected chi connectivity index (χ3v) is 5.15. The van der Waals surface area contributed by atoms with Gasteiger partial charge in [-0.05, 0) is 54.5 Å². The van der Waals surface area contributed by atoms with E-state index < -0.39 is 5.67 Å². The monoisotopic (exact) mass is 364 g/mol. The smallest absolute Gasteiger partial charge is 0.155 e. The molecule has 1 aliphatic carbocycles. The Morgan fingerprint density at radius 3 is 2.52 bits per heavy atom. The molecule has 0 saturated carbocycles. The van der Waals surface area contributed by atoms with Crippen molar-refractivity contribution in [3.05, 3.63) is 83.0 Å². The van der Waals surface area contributed by atoms with Crippen molar-refractivity contribution < 1.29 is 4.39 Å². The van der Waals surface area contributed by atoms with E-state index in [-0.39, 0.29) is 5.92 Å². The van der Waals surface area contributed by atoms with E-state index in [1.165, 1.54) is 5.57 Å². The van der Waals surface area contributed by atoms with E-state index in [1.54, 1.807) is 6.92 Å². The average molecular weight is 365 g/mol. The molecule has 1 aromatic carbocycles. The van der Waals surface area contributed by atoms with E-state index in [0.717, 1.165) is 28.7 Å². The van der Waals surface area contributed by atoms with Crippen LogP contribution >= 0.6 is 0 Å². The van der Waals surface area contributed by atoms with E-state index in [2.05, 4.69) is 39.8 Å². The van der Waals surface area contributed by atoms with E-state index in [4.69, 9.17) is 6.42 Å². The predicted molar refractivity (Wildman–Crippen MR) is 118 cm³/mol. The molecule has 0 aromatic heterocycles. The lowest BCUT2D eigenvalue weighted by molar-refractivity contribution is 0.248. The molecular formula is C26H33F. The molecule has 1 aliphatic rings. The lowest BCUT2D eigenvalue weighted by Gasteiger charge is -2.21. The van der Waals surface area contributed by atoms with Gasteiger partial charge in [0.15, 0.2) is 5.67 Å². The Morgan fingerprint density at radius 1 is 1.41 bits per heavy atom. The molecule has 0 spiro atoms. The van der Waals surface area contributed by atoms with Gasteiger partial charge in [-0.3, -0.25) is 0 Å². The van der Waals surface area contributed by atoms with Gasteiger partial charge in [0.05, 0.1) is 0 Å². The second kappa shape index (κ2) is 9.56. The maximum absolute atomic E-state index is 14.8. The van der Waals surface area contributed by atoms with Gasteiger partial charge >= 0.3 is 0 Å². The summed E-state index contributed by atoms with van der Waals surface area (Å²) < 4.78 is 14.8. The summed E-state index contributed by atoms with van der Waals surface area (Å²) in [6, 6.07) is 6.09. The summed E-state index contributed by atoms with van der Waals surface area (Å²) in [6.07, 6.45) is 12.1. The van der Waals surface area contributed by atoms with Crippen LogP contribution < -0.4 is 0 Å². The molecule has 0 fully saturated rings. The fraction of sp³-hybridized carbons (Fsp3) is 0.385. The van der Waals surface area contributed by atoms with E-state index in [1.807, 2.05) is 50.3 Å². The van der Waals surface area contributed by atoms with Crippen molar-refractivity contribution >= 4 is 0 Å². The molecule has 144 valence electrons. The molecule has 0 bridgehead atoms. The molecule has 2 atom stereocenters. The van der Waals surface area contributed by atoms with Crippen LogP contribution in [0.2, 0.25) is 0 Å². The normalized spacial score (nSPS) is 21.7. The highest BCUT2D eigenvalue weighted by molar-refractivity contribution is 5.55. The van der Waals surface area contributed by atoms with Gasteiger partial charge in [-0.2, -0.15) is 0 Å². The Labute approximate surface area is 165 Å². The van der Waals surface area contributed by atoms with Gasteiger partial charge in [-0.25, -0.2) is 4.39 Å². The first-order chi connectivity index (χ1) is 12.6. The first kappa shape index (κ1) is 22.7. The first-order valence-electron chi connectivity index (χ1n) is 9.61. The minimum absolute atomic E-state index is 0.128. The van der Waals surface area contributed by atoms with Crippen molar-refractivity contribution in [1.29, 1.82) is 0 Å². The number of hydrogen-bond acceptors (Lipinski definition) is 0. The number of allylic oxidation sites excluding steroid dienone is 6. The van der Waals surface area contributed by atoms with Crippen molar-refractivity contribution in [3.8, 4) is 12.3 Å². The van der Waals surface area contributed by atoms with Crippen LogP contribution in [0.25, 0.3) is 0 Å². The number of rotatable bonds is 4. The second-order valence-electron chi connectivity index (χ2n) is 7.46. The van der Waals surface area contributed by atoms with Crippen LogP contribution in [0.4, 0.5) is 4.39 Å². The maximum Gasteiger partial charge on any atom is 0.155 e. The molecule has 1 aromatic rings. The van der Waals surface area contributed by atoms with Gasteiger partial charge in [0, 0.05) is 17.1 Å². The molecule has 2 unspecified atom stereocenters. The van der Waals surface area contributed by atoms with Crippen molar-refractivity contribution in [2.45, 2.75) is 65.5 Å². The zero-order valence-corrected chi connectivity index (χ0v) is 17.7. The molecular weight excluding hydrogens is 331 g/mol. The summed E-state index contributed by atoms with van der Waals surface area (Å²) in [6.45, 7) is 19.6. The summed E-state index contributed by atoms with van der Waals surface area (Å²) in [5.74, 6) is 2.96. The summed E-state index contributed by atoms with van der Waals surface area (Å²) in [7, 11) is 0. The highest BCUT2D eigenvalue weighted by Gasteiger charge is 2.43. The Morgan fingerprint density at radius 2 is 2.04 bits per heavy atom. The third-order valence-electron chi connectivity index (χ3n) is 5.15. The van der Waals surface area contributed by atoms with Gasteiger partial charge in [0.25, 0.3) is 0 Å². The van der Waals surface area contributed by atoms with Crippen LogP contribution in [-0.2, 0) is 5.67 Å². The predicted octanol–water partition coefficient (Wildman–Crippen LogP) is 7.76. The molecule has 0 N–H and O–H groups in total. The summed E-state index contributed by atoms with van der Waals surface area (Å²) in [5.41, 5.74) is 4.37. The second-order valence-corrected chi connectivity index (χ2v) is 7.46. The maximum atomic E-state index is 14.8. The van der Waals surface area contributed by atoms with Crippen LogP contribution in [0.15, 0.2) is 66.3 Å². The zero-order valence-electron chi connectivity index (χ0n) is 17.7. The van der Waals surface area contributed by atoms with Crippen LogP contribution in [0.5, 0.6) is 0 Å². The molecule has 0 saturated heterocycles. The molecule has 0 radical (unpaired) electrons. The van der Waals surface area contributed by atoms with Crippen molar-refractivity contribution in [3.63, 3.8) is 0 Å². The molecule has 0 aliphatic heterocycles. The molecule has 0 nitrogen and oxygen atoms in total. The molecule has 0 amide bonds. The van der Waals surface area contributed by atoms with E-state index >= 15 is 0 Å². The van der Waals surface area contributed by atoms with E-state index in [9.17, 15) is 4.39 Å². The molecule has 2 rings (SSSR count). The van der Waals surface area contributed by atoms with Gasteiger partial charge in [-0.15, -0.1) is 6.42 Å². The number of hydrogen-bond donors (Lipinski definition) is 0. The summed E-state index contributed by atoms with van der Waals surface area (Å²) >= 11 is 0. The third kappa shape index (κ3) is 5.10. The van der Waals surface area contributed by atoms with Gasteiger partial charge < -0.3 is 0 Å². The number of alkyl halides is 1. The number of terminal acetylenes is 1. The van der Waals surface area contributed by atoms with Gasteiger partial charge in [0.2, 0.25) is 0 Å². The standard InChI is InChI=1S/C15H19F.C11H14/c1-9(2)12-7-6-8-13-10(3)11(4)15(5,16)14(12)13;1-5-8-11(7-3)9-10(4)6-2/h6-10H,4H2,1-3,5H3;2,5,8-9H,4,7H2,1,3H3/b;8-5-,11-9-. The highest BCUT2D eigenvalue weighted by atomic mass is 19.1. The minimum Gasteiger partial charge on any atom is -0.234 e. The highest BCUT2D eigenvalue weighted by Crippen LogP contribution is 2.52. The quantitative estimate of drug-likeness (QED) is 0.291. The summed E-state index contributed by atoms with van der Waals surface area (Å²) in [4.78, 5) is 0. The lowest BCUT2D eigenvalue weighted by atomic mass is 9.88. The van der Waals surface area contributed by atoms with Crippen LogP contribution in [0, 0.1) is 12.3 Å². The molecule has 0 heterocycles. The molecule has 1 heteroatoms. The average Bonchev–Trinajstić information content (AvgIpc) is 2.82. The number of fused-ring (bicyclic) bond motifs is 1. The zero-order chi connectivity index (χ0) is 20.8. The van der Waals surface area contributed by atoms with Crippen LogP contribution in [0.3, 0.4) is 0 Å². The first-order valence-corrected chi connectivity index (χ1v) is 9.61. The molecule has 27 heavy (non-hydrogen) atoms. The Kier molecular flexibility index (Phi) is 8.04. The fourth-order valence-corrected chi connectivity index (χ4v) is 3.48. The minimum atomic E-state index is -1.37. The Balaban J connectivity index is 0.000000293. The fourth-order valence-electron chi connectivity index (χ4n) is 3.48. The number of benzene rings is 1. The largest absolute Gasteiger partial charge is 0.234 e. The van der Waals surface area contributed by atoms with E-state index in [0.29, 0.717) is 11.5 Å².